The Labute approximate surface area is 119 Å². The number of aromatic nitrogens is 1. The number of carbonyl (C=O) groups is 1. The molecule has 0 amide bonds. The molecule has 0 radical (unpaired) electrons. The average Bonchev–Trinajstić information content (AvgIpc) is 2.87. The summed E-state index contributed by atoms with van der Waals surface area (Å²) in [6, 6.07) is 11.6. The molecular formula is C16H12FNO3. The number of halogens is 1. The van der Waals surface area contributed by atoms with Gasteiger partial charge in [-0.05, 0) is 23.8 Å². The van der Waals surface area contributed by atoms with Crippen molar-refractivity contribution in [3.8, 4) is 16.9 Å². The Bertz CT molecular complexity index is 839. The van der Waals surface area contributed by atoms with Crippen LogP contribution < -0.4 is 4.74 Å². The summed E-state index contributed by atoms with van der Waals surface area (Å²) in [6.45, 7) is 0. The number of carboxylic acids is 1. The van der Waals surface area contributed by atoms with Crippen molar-refractivity contribution in [2.75, 3.05) is 7.11 Å². The first kappa shape index (κ1) is 13.2. The molecule has 0 fully saturated rings. The summed E-state index contributed by atoms with van der Waals surface area (Å²) in [4.78, 5) is 14.3. The monoisotopic (exact) mass is 285 g/mol. The van der Waals surface area contributed by atoms with Crippen LogP contribution in [-0.2, 0) is 0 Å². The summed E-state index contributed by atoms with van der Waals surface area (Å²) in [5.74, 6) is -1.48. The van der Waals surface area contributed by atoms with Gasteiger partial charge in [-0.2, -0.15) is 0 Å². The zero-order valence-corrected chi connectivity index (χ0v) is 11.2. The second-order valence-electron chi connectivity index (χ2n) is 4.58. The van der Waals surface area contributed by atoms with E-state index in [-0.39, 0.29) is 11.4 Å². The van der Waals surface area contributed by atoms with Crippen LogP contribution in [-0.4, -0.2) is 23.2 Å². The van der Waals surface area contributed by atoms with Crippen LogP contribution in [0, 0.1) is 5.82 Å². The number of ether oxygens (including phenoxy) is 1. The molecule has 5 heteroatoms. The number of carboxylic acid groups (broad SMARTS) is 1. The number of hydrogen-bond donors (Lipinski definition) is 2. The largest absolute Gasteiger partial charge is 0.494 e. The van der Waals surface area contributed by atoms with Crippen molar-refractivity contribution < 1.29 is 19.0 Å². The third-order valence-electron chi connectivity index (χ3n) is 3.36. The lowest BCUT2D eigenvalue weighted by Gasteiger charge is -2.06. The number of hydrogen-bond acceptors (Lipinski definition) is 2. The number of H-pyrrole nitrogens is 1. The van der Waals surface area contributed by atoms with E-state index in [2.05, 4.69) is 4.98 Å². The minimum absolute atomic E-state index is 0.0739. The van der Waals surface area contributed by atoms with Gasteiger partial charge in [-0.3, -0.25) is 0 Å². The van der Waals surface area contributed by atoms with Crippen molar-refractivity contribution in [2.45, 2.75) is 0 Å². The van der Waals surface area contributed by atoms with Crippen molar-refractivity contribution in [1.82, 2.24) is 4.98 Å². The molecule has 3 rings (SSSR count). The van der Waals surface area contributed by atoms with E-state index >= 15 is 0 Å². The molecule has 106 valence electrons. The molecule has 3 aromatic rings. The zero-order chi connectivity index (χ0) is 15.0. The Kier molecular flexibility index (Phi) is 3.10. The van der Waals surface area contributed by atoms with Crippen LogP contribution in [0.3, 0.4) is 0 Å². The fourth-order valence-corrected chi connectivity index (χ4v) is 2.42. The molecule has 4 nitrogen and oxygen atoms in total. The van der Waals surface area contributed by atoms with E-state index in [1.165, 1.54) is 19.2 Å². The fraction of sp³-hybridized carbons (Fsp3) is 0.0625. The number of aromatic amines is 1. The van der Waals surface area contributed by atoms with Crippen molar-refractivity contribution >= 4 is 16.9 Å². The van der Waals surface area contributed by atoms with E-state index in [9.17, 15) is 14.3 Å². The molecule has 2 N–H and O–H groups in total. The Morgan fingerprint density at radius 3 is 2.71 bits per heavy atom. The summed E-state index contributed by atoms with van der Waals surface area (Å²) in [6.07, 6.45) is 0. The highest BCUT2D eigenvalue weighted by Gasteiger charge is 2.19. The van der Waals surface area contributed by atoms with Crippen molar-refractivity contribution in [3.63, 3.8) is 0 Å². The maximum atomic E-state index is 13.5. The van der Waals surface area contributed by atoms with Crippen LogP contribution in [0.15, 0.2) is 42.5 Å². The normalized spacial score (nSPS) is 10.8. The van der Waals surface area contributed by atoms with Gasteiger partial charge in [0, 0.05) is 16.5 Å². The number of rotatable bonds is 3. The van der Waals surface area contributed by atoms with Crippen LogP contribution in [0.4, 0.5) is 4.39 Å². The van der Waals surface area contributed by atoms with Crippen molar-refractivity contribution in [3.05, 3.63) is 54.0 Å². The van der Waals surface area contributed by atoms with Gasteiger partial charge in [-0.25, -0.2) is 9.18 Å². The molecule has 0 atom stereocenters. The smallest absolute Gasteiger partial charge is 0.352 e. The quantitative estimate of drug-likeness (QED) is 0.771. The van der Waals surface area contributed by atoms with Gasteiger partial charge in [0.15, 0.2) is 11.6 Å². The van der Waals surface area contributed by atoms with E-state index in [1.807, 2.05) is 18.2 Å². The number of benzene rings is 2. The van der Waals surface area contributed by atoms with Crippen LogP contribution in [0.5, 0.6) is 5.75 Å². The first-order valence-corrected chi connectivity index (χ1v) is 6.29. The molecule has 0 saturated carbocycles. The molecule has 0 aliphatic heterocycles. The molecule has 0 saturated heterocycles. The van der Waals surface area contributed by atoms with E-state index in [0.29, 0.717) is 16.6 Å². The lowest BCUT2D eigenvalue weighted by atomic mass is 10.0. The molecule has 0 unspecified atom stereocenters. The third kappa shape index (κ3) is 2.12. The van der Waals surface area contributed by atoms with Crippen LogP contribution in [0.25, 0.3) is 22.0 Å². The topological polar surface area (TPSA) is 62.3 Å². The number of methoxy groups -OCH3 is 1. The van der Waals surface area contributed by atoms with E-state index in [1.54, 1.807) is 12.1 Å². The minimum atomic E-state index is -1.07. The predicted octanol–water partition coefficient (Wildman–Crippen LogP) is 3.68. The Morgan fingerprint density at radius 2 is 2.00 bits per heavy atom. The number of fused-ring (bicyclic) bond motifs is 1. The predicted molar refractivity (Wildman–Crippen MR) is 77.2 cm³/mol. The third-order valence-corrected chi connectivity index (χ3v) is 3.36. The molecule has 0 bridgehead atoms. The molecular weight excluding hydrogens is 273 g/mol. The lowest BCUT2D eigenvalue weighted by Crippen LogP contribution is -1.99. The molecule has 21 heavy (non-hydrogen) atoms. The summed E-state index contributed by atoms with van der Waals surface area (Å²) in [5.41, 5.74) is 1.90. The van der Waals surface area contributed by atoms with E-state index in [0.717, 1.165) is 5.39 Å². The molecule has 1 heterocycles. The lowest BCUT2D eigenvalue weighted by molar-refractivity contribution is 0.0692. The zero-order valence-electron chi connectivity index (χ0n) is 11.2. The summed E-state index contributed by atoms with van der Waals surface area (Å²) in [5, 5.41) is 10.1. The van der Waals surface area contributed by atoms with Gasteiger partial charge in [-0.15, -0.1) is 0 Å². The molecule has 0 spiro atoms. The van der Waals surface area contributed by atoms with Gasteiger partial charge in [0.25, 0.3) is 0 Å². The Hall–Kier alpha value is -2.82. The van der Waals surface area contributed by atoms with E-state index < -0.39 is 11.8 Å². The van der Waals surface area contributed by atoms with Crippen LogP contribution in [0.2, 0.25) is 0 Å². The summed E-state index contributed by atoms with van der Waals surface area (Å²) >= 11 is 0. The van der Waals surface area contributed by atoms with Crippen LogP contribution in [0.1, 0.15) is 10.5 Å². The number of nitrogens with one attached hydrogen (secondary N) is 1. The highest BCUT2D eigenvalue weighted by atomic mass is 19.1. The fourth-order valence-electron chi connectivity index (χ4n) is 2.42. The second-order valence-corrected chi connectivity index (χ2v) is 4.58. The highest BCUT2D eigenvalue weighted by molar-refractivity contribution is 6.07. The van der Waals surface area contributed by atoms with Crippen molar-refractivity contribution in [2.24, 2.45) is 0 Å². The van der Waals surface area contributed by atoms with Gasteiger partial charge in [0.1, 0.15) is 5.69 Å². The second kappa shape index (κ2) is 4.94. The maximum absolute atomic E-state index is 13.5. The first-order valence-electron chi connectivity index (χ1n) is 6.29. The van der Waals surface area contributed by atoms with Crippen molar-refractivity contribution in [1.29, 1.82) is 0 Å². The molecule has 0 aliphatic rings. The SMILES string of the molecule is COc1cc(-c2c(C(=O)O)[nH]c3ccccc23)ccc1F. The number of para-hydroxylation sites is 1. The average molecular weight is 285 g/mol. The van der Waals surface area contributed by atoms with E-state index in [4.69, 9.17) is 4.74 Å². The molecule has 2 aromatic carbocycles. The summed E-state index contributed by atoms with van der Waals surface area (Å²) < 4.78 is 18.5. The van der Waals surface area contributed by atoms with Crippen LogP contribution >= 0.6 is 0 Å². The molecule has 1 aromatic heterocycles. The summed E-state index contributed by atoms with van der Waals surface area (Å²) in [7, 11) is 1.37. The maximum Gasteiger partial charge on any atom is 0.352 e. The Balaban J connectivity index is 2.33. The first-order chi connectivity index (χ1) is 10.1. The Morgan fingerprint density at radius 1 is 1.24 bits per heavy atom. The van der Waals surface area contributed by atoms with Gasteiger partial charge in [0.05, 0.1) is 7.11 Å². The van der Waals surface area contributed by atoms with Gasteiger partial charge >= 0.3 is 5.97 Å². The van der Waals surface area contributed by atoms with Gasteiger partial charge < -0.3 is 14.8 Å². The van der Waals surface area contributed by atoms with Gasteiger partial charge in [0.2, 0.25) is 0 Å². The minimum Gasteiger partial charge on any atom is -0.494 e. The standard InChI is InChI=1S/C16H12FNO3/c1-21-13-8-9(6-7-11(13)17)14-10-4-2-3-5-12(10)18-15(14)16(19)20/h2-8,18H,1H3,(H,19,20). The molecule has 0 aliphatic carbocycles. The highest BCUT2D eigenvalue weighted by Crippen LogP contribution is 2.34. The van der Waals surface area contributed by atoms with Gasteiger partial charge in [-0.1, -0.05) is 24.3 Å². The number of aromatic carboxylic acids is 1.